The second kappa shape index (κ2) is 13.1. The zero-order valence-electron chi connectivity index (χ0n) is 23.1. The number of nitrogens with one attached hydrogen (secondary N) is 1. The summed E-state index contributed by atoms with van der Waals surface area (Å²) in [5.74, 6) is 0.179. The van der Waals surface area contributed by atoms with E-state index in [-0.39, 0.29) is 36.8 Å². The Bertz CT molecular complexity index is 1530. The molecule has 10 nitrogen and oxygen atoms in total. The third-order valence-electron chi connectivity index (χ3n) is 6.87. The van der Waals surface area contributed by atoms with Crippen LogP contribution in [0.3, 0.4) is 0 Å². The first kappa shape index (κ1) is 28.5. The summed E-state index contributed by atoms with van der Waals surface area (Å²) in [7, 11) is 0. The Kier molecular flexibility index (Phi) is 9.31. The Morgan fingerprint density at radius 2 is 1.85 bits per heavy atom. The molecule has 0 spiro atoms. The normalized spacial score (nSPS) is 11.9. The predicted molar refractivity (Wildman–Crippen MR) is 151 cm³/mol. The summed E-state index contributed by atoms with van der Waals surface area (Å²) < 4.78 is 7.01. The van der Waals surface area contributed by atoms with E-state index in [0.29, 0.717) is 35.3 Å². The van der Waals surface area contributed by atoms with E-state index in [9.17, 15) is 14.4 Å². The second-order valence-electron chi connectivity index (χ2n) is 9.75. The van der Waals surface area contributed by atoms with Gasteiger partial charge in [0, 0.05) is 18.7 Å². The topological polar surface area (TPSA) is 131 Å². The molecule has 210 valence electrons. The number of fused-ring (bicyclic) bond motifs is 1. The van der Waals surface area contributed by atoms with Gasteiger partial charge in [-0.2, -0.15) is 4.98 Å². The van der Waals surface area contributed by atoms with Crippen LogP contribution in [0.25, 0.3) is 11.1 Å². The van der Waals surface area contributed by atoms with Gasteiger partial charge in [-0.25, -0.2) is 4.79 Å². The van der Waals surface area contributed by atoms with Crippen LogP contribution in [0.4, 0.5) is 4.79 Å². The number of carbonyl (C=O) groups excluding carboxylic acids is 1. The van der Waals surface area contributed by atoms with E-state index in [4.69, 9.17) is 14.6 Å². The number of aromatic nitrogens is 3. The highest BCUT2D eigenvalue weighted by molar-refractivity contribution is 5.94. The molecule has 2 N–H and O–H groups in total. The molecule has 0 saturated carbocycles. The van der Waals surface area contributed by atoms with E-state index >= 15 is 0 Å². The maximum atomic E-state index is 14.1. The maximum Gasteiger partial charge on any atom is 0.404 e. The summed E-state index contributed by atoms with van der Waals surface area (Å²) in [5, 5.41) is 15.7. The number of amides is 2. The maximum absolute atomic E-state index is 14.1. The molecule has 0 radical (unpaired) electrons. The van der Waals surface area contributed by atoms with Crippen LogP contribution in [0, 0.1) is 6.92 Å². The van der Waals surface area contributed by atoms with Gasteiger partial charge in [0.1, 0.15) is 11.2 Å². The number of hydrogen-bond acceptors (Lipinski definition) is 6. The molecule has 0 saturated heterocycles. The molecule has 10 heteroatoms. The van der Waals surface area contributed by atoms with E-state index in [0.717, 1.165) is 24.0 Å². The van der Waals surface area contributed by atoms with Crippen molar-refractivity contribution in [3.63, 3.8) is 0 Å². The Morgan fingerprint density at radius 1 is 1.10 bits per heavy atom. The molecule has 1 atom stereocenters. The highest BCUT2D eigenvalue weighted by atomic mass is 16.5. The van der Waals surface area contributed by atoms with Crippen LogP contribution in [0.15, 0.2) is 63.9 Å². The van der Waals surface area contributed by atoms with Crippen LogP contribution < -0.4 is 10.9 Å². The van der Waals surface area contributed by atoms with Crippen molar-refractivity contribution in [1.82, 2.24) is 24.9 Å². The fraction of sp³-hybridized carbons (Fsp3) is 0.367. The van der Waals surface area contributed by atoms with Crippen LogP contribution in [0.1, 0.15) is 72.2 Å². The summed E-state index contributed by atoms with van der Waals surface area (Å²) in [5.41, 5.74) is 2.80. The lowest BCUT2D eigenvalue weighted by atomic mass is 10.0. The third kappa shape index (κ3) is 6.39. The quantitative estimate of drug-likeness (QED) is 0.241. The molecule has 2 aromatic heterocycles. The molecule has 0 bridgehead atoms. The van der Waals surface area contributed by atoms with Crippen molar-refractivity contribution in [2.24, 2.45) is 0 Å². The van der Waals surface area contributed by atoms with Crippen molar-refractivity contribution in [2.45, 2.75) is 59.0 Å². The molecule has 2 amide bonds. The summed E-state index contributed by atoms with van der Waals surface area (Å²) >= 11 is 0. The molecule has 4 aromatic rings. The van der Waals surface area contributed by atoms with E-state index in [1.54, 1.807) is 22.5 Å². The van der Waals surface area contributed by atoms with Crippen LogP contribution in [0.5, 0.6) is 0 Å². The fourth-order valence-electron chi connectivity index (χ4n) is 4.96. The minimum absolute atomic E-state index is 0.130. The number of rotatable bonds is 12. The van der Waals surface area contributed by atoms with Gasteiger partial charge in [0.2, 0.25) is 0 Å². The first-order chi connectivity index (χ1) is 19.3. The average molecular weight is 546 g/mol. The third-order valence-corrected chi connectivity index (χ3v) is 6.87. The molecule has 4 rings (SSSR count). The second-order valence-corrected chi connectivity index (χ2v) is 9.75. The van der Waals surface area contributed by atoms with Gasteiger partial charge in [-0.15, -0.1) is 0 Å². The highest BCUT2D eigenvalue weighted by Gasteiger charge is 2.30. The van der Waals surface area contributed by atoms with Crippen molar-refractivity contribution in [3.8, 4) is 0 Å². The van der Waals surface area contributed by atoms with Gasteiger partial charge < -0.3 is 19.8 Å². The zero-order chi connectivity index (χ0) is 28.6. The first-order valence-electron chi connectivity index (χ1n) is 13.6. The molecule has 0 aliphatic heterocycles. The van der Waals surface area contributed by atoms with Gasteiger partial charge in [-0.3, -0.25) is 14.2 Å². The van der Waals surface area contributed by atoms with Crippen LogP contribution >= 0.6 is 0 Å². The summed E-state index contributed by atoms with van der Waals surface area (Å²) in [6.07, 6.45) is 1.52. The largest absolute Gasteiger partial charge is 0.465 e. The number of aryl methyl sites for hydroxylation is 2. The van der Waals surface area contributed by atoms with Crippen LogP contribution in [0.2, 0.25) is 0 Å². The van der Waals surface area contributed by atoms with Crippen molar-refractivity contribution < 1.29 is 19.2 Å². The fourth-order valence-corrected chi connectivity index (χ4v) is 4.96. The SMILES string of the molecule is CCCc1cccc(C(=O)N(CCCNC(=O)O)C(CC)c2nc3onc(C)c3c(=O)n2Cc2ccccc2)c1. The predicted octanol–water partition coefficient (Wildman–Crippen LogP) is 4.94. The minimum Gasteiger partial charge on any atom is -0.465 e. The molecule has 0 fully saturated rings. The van der Waals surface area contributed by atoms with Crippen molar-refractivity contribution in [3.05, 3.63) is 93.2 Å². The Balaban J connectivity index is 1.82. The van der Waals surface area contributed by atoms with Gasteiger partial charge in [0.15, 0.2) is 0 Å². The number of carbonyl (C=O) groups is 2. The number of hydrogen-bond donors (Lipinski definition) is 2. The molecular formula is C30H35N5O5. The smallest absolute Gasteiger partial charge is 0.404 e. The molecule has 0 aliphatic rings. The summed E-state index contributed by atoms with van der Waals surface area (Å²) in [4.78, 5) is 45.4. The average Bonchev–Trinajstić information content (AvgIpc) is 3.33. The standard InChI is InChI=1S/C30H35N5O5/c1-4-11-21-14-9-15-23(18-21)28(36)34(17-10-16-31-30(38)39)24(5-2)26-32-27-25(20(3)33-40-27)29(37)35(26)19-22-12-7-6-8-13-22/h6-9,12-15,18,24,31H,4-5,10-11,16-17,19H2,1-3H3,(H,38,39). The molecule has 0 aliphatic carbocycles. The van der Waals surface area contributed by atoms with Gasteiger partial charge in [0.05, 0.1) is 18.3 Å². The van der Waals surface area contributed by atoms with Crippen molar-refractivity contribution >= 4 is 23.1 Å². The molecular weight excluding hydrogens is 510 g/mol. The lowest BCUT2D eigenvalue weighted by molar-refractivity contribution is 0.0654. The summed E-state index contributed by atoms with van der Waals surface area (Å²) in [6, 6.07) is 16.5. The molecule has 1 unspecified atom stereocenters. The van der Waals surface area contributed by atoms with Gasteiger partial charge in [0.25, 0.3) is 17.2 Å². The molecule has 2 aromatic carbocycles. The van der Waals surface area contributed by atoms with E-state index < -0.39 is 12.1 Å². The van der Waals surface area contributed by atoms with Crippen molar-refractivity contribution in [2.75, 3.05) is 13.1 Å². The Morgan fingerprint density at radius 3 is 2.55 bits per heavy atom. The highest BCUT2D eigenvalue weighted by Crippen LogP contribution is 2.27. The van der Waals surface area contributed by atoms with E-state index in [1.807, 2.05) is 55.5 Å². The minimum atomic E-state index is -1.12. The van der Waals surface area contributed by atoms with Gasteiger partial charge >= 0.3 is 6.09 Å². The van der Waals surface area contributed by atoms with Gasteiger partial charge in [-0.1, -0.05) is 67.9 Å². The molecule has 2 heterocycles. The van der Waals surface area contributed by atoms with Crippen molar-refractivity contribution in [1.29, 1.82) is 0 Å². The summed E-state index contributed by atoms with van der Waals surface area (Å²) in [6.45, 7) is 6.41. The van der Waals surface area contributed by atoms with Crippen LogP contribution in [-0.2, 0) is 13.0 Å². The number of carboxylic acid groups (broad SMARTS) is 1. The van der Waals surface area contributed by atoms with Crippen LogP contribution in [-0.4, -0.2) is 49.8 Å². The molecule has 40 heavy (non-hydrogen) atoms. The lowest BCUT2D eigenvalue weighted by Gasteiger charge is -2.32. The number of nitrogens with zero attached hydrogens (tertiary/aromatic N) is 4. The lowest BCUT2D eigenvalue weighted by Crippen LogP contribution is -2.40. The number of benzene rings is 2. The monoisotopic (exact) mass is 545 g/mol. The zero-order valence-corrected chi connectivity index (χ0v) is 23.1. The Labute approximate surface area is 232 Å². The Hall–Kier alpha value is -4.47. The van der Waals surface area contributed by atoms with E-state index in [1.165, 1.54) is 0 Å². The van der Waals surface area contributed by atoms with E-state index in [2.05, 4.69) is 17.4 Å². The first-order valence-corrected chi connectivity index (χ1v) is 13.6. The van der Waals surface area contributed by atoms with Gasteiger partial charge in [-0.05, 0) is 49.4 Å².